The molecule has 1 aromatic carbocycles. The number of hydrogen-bond acceptors (Lipinski definition) is 6. The Kier molecular flexibility index (Phi) is 11.8. The zero-order chi connectivity index (χ0) is 19.7. The molecule has 3 N–H and O–H groups in total. The lowest BCUT2D eigenvalue weighted by Gasteiger charge is -2.09. The summed E-state index contributed by atoms with van der Waals surface area (Å²) in [5.41, 5.74) is 2.93. The van der Waals surface area contributed by atoms with Crippen molar-refractivity contribution < 1.29 is 28.7 Å². The SMILES string of the molecule is CCCCOC(=O)NOCC(=O)NCCCNC(=O)OCc1ccccc1. The van der Waals surface area contributed by atoms with E-state index in [4.69, 9.17) is 14.3 Å². The number of hydroxylamine groups is 1. The molecule has 1 rings (SSSR count). The first-order chi connectivity index (χ1) is 13.1. The van der Waals surface area contributed by atoms with Gasteiger partial charge in [0, 0.05) is 13.1 Å². The fourth-order valence-corrected chi connectivity index (χ4v) is 1.83. The van der Waals surface area contributed by atoms with Crippen LogP contribution in [-0.2, 0) is 25.7 Å². The summed E-state index contributed by atoms with van der Waals surface area (Å²) in [5, 5.41) is 5.18. The lowest BCUT2D eigenvalue weighted by Crippen LogP contribution is -2.35. The van der Waals surface area contributed by atoms with Gasteiger partial charge >= 0.3 is 12.2 Å². The Labute approximate surface area is 158 Å². The molecule has 0 aromatic heterocycles. The normalized spacial score (nSPS) is 9.96. The summed E-state index contributed by atoms with van der Waals surface area (Å²) in [5.74, 6) is -0.393. The molecule has 0 aliphatic heterocycles. The maximum atomic E-state index is 11.5. The first-order valence-electron chi connectivity index (χ1n) is 8.87. The third kappa shape index (κ3) is 12.2. The predicted molar refractivity (Wildman–Crippen MR) is 97.6 cm³/mol. The number of alkyl carbamates (subject to hydrolysis) is 1. The van der Waals surface area contributed by atoms with Crippen molar-refractivity contribution in [2.45, 2.75) is 32.8 Å². The highest BCUT2D eigenvalue weighted by atomic mass is 16.7. The first kappa shape index (κ1) is 22.2. The molecule has 0 unspecified atom stereocenters. The van der Waals surface area contributed by atoms with E-state index in [9.17, 15) is 14.4 Å². The molecule has 0 fully saturated rings. The molecule has 27 heavy (non-hydrogen) atoms. The molecule has 0 bridgehead atoms. The van der Waals surface area contributed by atoms with Gasteiger partial charge < -0.3 is 20.1 Å². The van der Waals surface area contributed by atoms with Gasteiger partial charge in [-0.2, -0.15) is 5.48 Å². The topological polar surface area (TPSA) is 115 Å². The number of carbonyl (C=O) groups excluding carboxylic acids is 3. The molecule has 0 saturated carbocycles. The summed E-state index contributed by atoms with van der Waals surface area (Å²) < 4.78 is 9.85. The van der Waals surface area contributed by atoms with Crippen molar-refractivity contribution in [2.75, 3.05) is 26.3 Å². The second-order valence-electron chi connectivity index (χ2n) is 5.57. The second-order valence-corrected chi connectivity index (χ2v) is 5.57. The maximum Gasteiger partial charge on any atom is 0.431 e. The zero-order valence-corrected chi connectivity index (χ0v) is 15.5. The molecule has 0 atom stereocenters. The van der Waals surface area contributed by atoms with E-state index in [1.807, 2.05) is 42.7 Å². The van der Waals surface area contributed by atoms with Crippen molar-refractivity contribution in [3.63, 3.8) is 0 Å². The van der Waals surface area contributed by atoms with Crippen molar-refractivity contribution in [3.05, 3.63) is 35.9 Å². The third-order valence-electron chi connectivity index (χ3n) is 3.25. The van der Waals surface area contributed by atoms with Gasteiger partial charge in [0.1, 0.15) is 6.61 Å². The monoisotopic (exact) mass is 381 g/mol. The Morgan fingerprint density at radius 2 is 1.67 bits per heavy atom. The van der Waals surface area contributed by atoms with Crippen LogP contribution in [0.2, 0.25) is 0 Å². The van der Waals surface area contributed by atoms with E-state index >= 15 is 0 Å². The van der Waals surface area contributed by atoms with Gasteiger partial charge in [0.2, 0.25) is 5.91 Å². The highest BCUT2D eigenvalue weighted by molar-refractivity contribution is 5.77. The molecule has 0 aliphatic carbocycles. The highest BCUT2D eigenvalue weighted by Gasteiger charge is 2.05. The molecule has 0 saturated heterocycles. The number of carbonyl (C=O) groups is 3. The second kappa shape index (κ2) is 14.4. The van der Waals surface area contributed by atoms with Crippen LogP contribution in [0.3, 0.4) is 0 Å². The van der Waals surface area contributed by atoms with Crippen molar-refractivity contribution in [1.29, 1.82) is 0 Å². The van der Waals surface area contributed by atoms with Gasteiger partial charge in [-0.05, 0) is 18.4 Å². The van der Waals surface area contributed by atoms with E-state index < -0.39 is 18.1 Å². The summed E-state index contributed by atoms with van der Waals surface area (Å²) >= 11 is 0. The Morgan fingerprint density at radius 1 is 0.926 bits per heavy atom. The lowest BCUT2D eigenvalue weighted by atomic mass is 10.2. The van der Waals surface area contributed by atoms with Gasteiger partial charge in [-0.1, -0.05) is 43.7 Å². The van der Waals surface area contributed by atoms with E-state index in [1.165, 1.54) is 0 Å². The minimum atomic E-state index is -0.727. The molecule has 1 aromatic rings. The highest BCUT2D eigenvalue weighted by Crippen LogP contribution is 2.00. The number of unbranched alkanes of at least 4 members (excludes halogenated alkanes) is 1. The van der Waals surface area contributed by atoms with E-state index in [1.54, 1.807) is 0 Å². The van der Waals surface area contributed by atoms with Gasteiger partial charge in [-0.25, -0.2) is 9.59 Å². The quantitative estimate of drug-likeness (QED) is 0.376. The summed E-state index contributed by atoms with van der Waals surface area (Å²) in [6.45, 7) is 2.87. The molecule has 9 heteroatoms. The summed E-state index contributed by atoms with van der Waals surface area (Å²) in [7, 11) is 0. The summed E-state index contributed by atoms with van der Waals surface area (Å²) in [4.78, 5) is 38.9. The Morgan fingerprint density at radius 3 is 2.41 bits per heavy atom. The first-order valence-corrected chi connectivity index (χ1v) is 8.87. The van der Waals surface area contributed by atoms with Crippen LogP contribution in [0.1, 0.15) is 31.7 Å². The van der Waals surface area contributed by atoms with E-state index in [0.717, 1.165) is 18.4 Å². The van der Waals surface area contributed by atoms with E-state index in [-0.39, 0.29) is 13.2 Å². The average Bonchev–Trinajstić information content (AvgIpc) is 2.67. The number of rotatable bonds is 12. The molecule has 9 nitrogen and oxygen atoms in total. The molecular weight excluding hydrogens is 354 g/mol. The smallest absolute Gasteiger partial charge is 0.431 e. The van der Waals surface area contributed by atoms with Crippen molar-refractivity contribution in [3.8, 4) is 0 Å². The maximum absolute atomic E-state index is 11.5. The van der Waals surface area contributed by atoms with Crippen molar-refractivity contribution in [2.24, 2.45) is 0 Å². The minimum absolute atomic E-state index is 0.203. The molecule has 0 radical (unpaired) electrons. The molecule has 150 valence electrons. The number of benzene rings is 1. The standard InChI is InChI=1S/C18H27N3O6/c1-2-3-12-25-18(24)21-27-14-16(22)19-10-7-11-20-17(23)26-13-15-8-5-4-6-9-15/h4-6,8-9H,2-3,7,10-14H2,1H3,(H,19,22)(H,20,23)(H,21,24). The van der Waals surface area contributed by atoms with Crippen LogP contribution >= 0.6 is 0 Å². The van der Waals surface area contributed by atoms with Crippen LogP contribution < -0.4 is 16.1 Å². The Hall–Kier alpha value is -2.81. The van der Waals surface area contributed by atoms with Gasteiger partial charge in [0.25, 0.3) is 0 Å². The van der Waals surface area contributed by atoms with Crippen molar-refractivity contribution in [1.82, 2.24) is 16.1 Å². The van der Waals surface area contributed by atoms with Crippen LogP contribution in [-0.4, -0.2) is 44.4 Å². The number of ether oxygens (including phenoxy) is 2. The van der Waals surface area contributed by atoms with Crippen LogP contribution in [0.25, 0.3) is 0 Å². The molecule has 0 spiro atoms. The zero-order valence-electron chi connectivity index (χ0n) is 15.5. The van der Waals surface area contributed by atoms with Gasteiger partial charge in [0.05, 0.1) is 6.61 Å². The van der Waals surface area contributed by atoms with Gasteiger partial charge in [0.15, 0.2) is 6.61 Å². The number of hydrogen-bond donors (Lipinski definition) is 3. The Bertz CT molecular complexity index is 567. The number of amides is 3. The third-order valence-corrected chi connectivity index (χ3v) is 3.25. The van der Waals surface area contributed by atoms with Crippen LogP contribution in [0.5, 0.6) is 0 Å². The molecule has 0 aliphatic rings. The van der Waals surface area contributed by atoms with Crippen LogP contribution in [0.15, 0.2) is 30.3 Å². The largest absolute Gasteiger partial charge is 0.448 e. The van der Waals surface area contributed by atoms with Gasteiger partial charge in [-0.15, -0.1) is 0 Å². The fraction of sp³-hybridized carbons (Fsp3) is 0.500. The summed E-state index contributed by atoms with van der Waals surface area (Å²) in [6.07, 6.45) is 0.963. The molecular formula is C18H27N3O6. The van der Waals surface area contributed by atoms with Gasteiger partial charge in [-0.3, -0.25) is 9.63 Å². The fourth-order valence-electron chi connectivity index (χ4n) is 1.83. The van der Waals surface area contributed by atoms with Crippen LogP contribution in [0, 0.1) is 0 Å². The van der Waals surface area contributed by atoms with E-state index in [2.05, 4.69) is 10.6 Å². The molecule has 0 heterocycles. The summed E-state index contributed by atoms with van der Waals surface area (Å²) in [6, 6.07) is 9.36. The predicted octanol–water partition coefficient (Wildman–Crippen LogP) is 1.88. The Balaban J connectivity index is 1.95. The average molecular weight is 381 g/mol. The molecule has 3 amide bonds. The van der Waals surface area contributed by atoms with Crippen LogP contribution in [0.4, 0.5) is 9.59 Å². The minimum Gasteiger partial charge on any atom is -0.448 e. The van der Waals surface area contributed by atoms with Crippen molar-refractivity contribution >= 4 is 18.1 Å². The van der Waals surface area contributed by atoms with E-state index in [0.29, 0.717) is 26.1 Å². The lowest BCUT2D eigenvalue weighted by molar-refractivity contribution is -0.127. The number of nitrogens with one attached hydrogen (secondary N) is 3.